The van der Waals surface area contributed by atoms with Crippen molar-refractivity contribution in [3.05, 3.63) is 30.2 Å². The van der Waals surface area contributed by atoms with Crippen LogP contribution < -0.4 is 0 Å². The van der Waals surface area contributed by atoms with Crippen molar-refractivity contribution in [3.63, 3.8) is 0 Å². The van der Waals surface area contributed by atoms with Gasteiger partial charge in [0.15, 0.2) is 0 Å². The van der Waals surface area contributed by atoms with Crippen molar-refractivity contribution in [1.29, 1.82) is 0 Å². The predicted molar refractivity (Wildman–Crippen MR) is 41.1 cm³/mol. The highest BCUT2D eigenvalue weighted by molar-refractivity contribution is 5.79. The molecule has 10 heavy (non-hydrogen) atoms. The number of aromatic nitrogens is 2. The first-order chi connectivity index (χ1) is 4.84. The maximum absolute atomic E-state index is 3.84. The molecule has 1 aromatic heterocycles. The number of nitrogens with one attached hydrogen (secondary N) is 1. The Morgan fingerprint density at radius 2 is 2.60 bits per heavy atom. The van der Waals surface area contributed by atoms with Gasteiger partial charge in [0.05, 0.1) is 18.1 Å². The van der Waals surface area contributed by atoms with E-state index in [9.17, 15) is 0 Å². The first kappa shape index (κ1) is 6.74. The lowest BCUT2D eigenvalue weighted by molar-refractivity contribution is 1.08. The SMILES string of the molecule is C=CN=Cc1[nH]ncc1C. The van der Waals surface area contributed by atoms with E-state index in [1.807, 2.05) is 6.92 Å². The Morgan fingerprint density at radius 3 is 3.10 bits per heavy atom. The minimum Gasteiger partial charge on any atom is -0.277 e. The van der Waals surface area contributed by atoms with Gasteiger partial charge in [-0.15, -0.1) is 0 Å². The maximum atomic E-state index is 3.84. The van der Waals surface area contributed by atoms with Crippen LogP contribution in [0.5, 0.6) is 0 Å². The van der Waals surface area contributed by atoms with Crippen molar-refractivity contribution in [2.45, 2.75) is 6.92 Å². The molecule has 1 N–H and O–H groups in total. The van der Waals surface area contributed by atoms with Gasteiger partial charge >= 0.3 is 0 Å². The summed E-state index contributed by atoms with van der Waals surface area (Å²) in [4.78, 5) is 3.84. The Labute approximate surface area is 59.5 Å². The van der Waals surface area contributed by atoms with E-state index in [4.69, 9.17) is 0 Å². The van der Waals surface area contributed by atoms with E-state index in [0.29, 0.717) is 0 Å². The van der Waals surface area contributed by atoms with Crippen LogP contribution in [0.2, 0.25) is 0 Å². The Balaban J connectivity index is 2.83. The summed E-state index contributed by atoms with van der Waals surface area (Å²) in [6.45, 7) is 5.42. The largest absolute Gasteiger partial charge is 0.277 e. The molecule has 1 aromatic rings. The first-order valence-corrected chi connectivity index (χ1v) is 2.98. The van der Waals surface area contributed by atoms with E-state index >= 15 is 0 Å². The monoisotopic (exact) mass is 135 g/mol. The lowest BCUT2D eigenvalue weighted by atomic mass is 10.3. The number of nitrogens with zero attached hydrogens (tertiary/aromatic N) is 2. The van der Waals surface area contributed by atoms with Crippen molar-refractivity contribution >= 4 is 6.21 Å². The van der Waals surface area contributed by atoms with Crippen LogP contribution in [0.15, 0.2) is 24.0 Å². The molecule has 0 atom stereocenters. The van der Waals surface area contributed by atoms with Crippen LogP contribution in [0.3, 0.4) is 0 Å². The normalized spacial score (nSPS) is 10.5. The molecule has 0 fully saturated rings. The molecule has 0 unspecified atom stereocenters. The molecule has 0 aliphatic rings. The van der Waals surface area contributed by atoms with Gasteiger partial charge in [0, 0.05) is 6.20 Å². The van der Waals surface area contributed by atoms with Crippen molar-refractivity contribution in [1.82, 2.24) is 10.2 Å². The fourth-order valence-corrected chi connectivity index (χ4v) is 0.614. The zero-order valence-electron chi connectivity index (χ0n) is 5.83. The summed E-state index contributed by atoms with van der Waals surface area (Å²) in [5.74, 6) is 0. The number of hydrogen-bond acceptors (Lipinski definition) is 2. The Hall–Kier alpha value is -1.38. The molecule has 0 spiro atoms. The molecule has 0 bridgehead atoms. The number of rotatable bonds is 2. The van der Waals surface area contributed by atoms with Crippen LogP contribution in [0.25, 0.3) is 0 Å². The van der Waals surface area contributed by atoms with Crippen molar-refractivity contribution in [2.24, 2.45) is 4.99 Å². The molecule has 0 aliphatic carbocycles. The molecular weight excluding hydrogens is 126 g/mol. The summed E-state index contributed by atoms with van der Waals surface area (Å²) in [5, 5.41) is 6.62. The third-order valence-electron chi connectivity index (χ3n) is 1.18. The van der Waals surface area contributed by atoms with Gasteiger partial charge in [0.25, 0.3) is 0 Å². The van der Waals surface area contributed by atoms with Gasteiger partial charge in [-0.1, -0.05) is 6.58 Å². The molecule has 0 saturated heterocycles. The van der Waals surface area contributed by atoms with Crippen LogP contribution >= 0.6 is 0 Å². The van der Waals surface area contributed by atoms with Crippen LogP contribution in [0.4, 0.5) is 0 Å². The van der Waals surface area contributed by atoms with Gasteiger partial charge in [-0.05, 0) is 12.5 Å². The van der Waals surface area contributed by atoms with Crippen LogP contribution in [0.1, 0.15) is 11.3 Å². The second kappa shape index (κ2) is 2.96. The summed E-state index contributed by atoms with van der Waals surface area (Å²) in [6.07, 6.45) is 4.93. The van der Waals surface area contributed by atoms with Crippen LogP contribution in [-0.4, -0.2) is 16.4 Å². The van der Waals surface area contributed by atoms with E-state index in [1.165, 1.54) is 6.20 Å². The third-order valence-corrected chi connectivity index (χ3v) is 1.18. The minimum absolute atomic E-state index is 0.930. The van der Waals surface area contributed by atoms with Crippen molar-refractivity contribution in [2.75, 3.05) is 0 Å². The zero-order valence-corrected chi connectivity index (χ0v) is 5.83. The van der Waals surface area contributed by atoms with Gasteiger partial charge in [-0.2, -0.15) is 5.10 Å². The van der Waals surface area contributed by atoms with E-state index in [0.717, 1.165) is 11.3 Å². The quantitative estimate of drug-likeness (QED) is 0.610. The lowest BCUT2D eigenvalue weighted by Crippen LogP contribution is -1.82. The van der Waals surface area contributed by atoms with Gasteiger partial charge in [0.1, 0.15) is 0 Å². The fourth-order valence-electron chi connectivity index (χ4n) is 0.614. The van der Waals surface area contributed by atoms with Crippen LogP contribution in [0, 0.1) is 6.92 Å². The second-order valence-corrected chi connectivity index (χ2v) is 1.93. The molecule has 0 amide bonds. The van der Waals surface area contributed by atoms with E-state index < -0.39 is 0 Å². The average Bonchev–Trinajstić information content (AvgIpc) is 2.31. The summed E-state index contributed by atoms with van der Waals surface area (Å²) >= 11 is 0. The summed E-state index contributed by atoms with van der Waals surface area (Å²) < 4.78 is 0. The van der Waals surface area contributed by atoms with Gasteiger partial charge in [-0.3, -0.25) is 10.1 Å². The fraction of sp³-hybridized carbons (Fsp3) is 0.143. The molecule has 52 valence electrons. The Bertz CT molecular complexity index is 247. The van der Waals surface area contributed by atoms with E-state index in [1.54, 1.807) is 12.4 Å². The standard InChI is InChI=1S/C7H9N3/c1-3-8-5-7-6(2)4-9-10-7/h3-5H,1H2,2H3,(H,9,10). The minimum atomic E-state index is 0.930. The number of H-pyrrole nitrogens is 1. The maximum Gasteiger partial charge on any atom is 0.0789 e. The predicted octanol–water partition coefficient (Wildman–Crippen LogP) is 1.28. The molecule has 1 heterocycles. The molecule has 0 aliphatic heterocycles. The van der Waals surface area contributed by atoms with Crippen LogP contribution in [-0.2, 0) is 0 Å². The highest BCUT2D eigenvalue weighted by Gasteiger charge is 1.92. The zero-order chi connectivity index (χ0) is 7.40. The molecule has 0 aromatic carbocycles. The van der Waals surface area contributed by atoms with Gasteiger partial charge in [-0.25, -0.2) is 0 Å². The molecule has 3 heteroatoms. The number of hydrogen-bond donors (Lipinski definition) is 1. The van der Waals surface area contributed by atoms with Gasteiger partial charge < -0.3 is 0 Å². The third kappa shape index (κ3) is 1.31. The Morgan fingerprint density at radius 1 is 1.80 bits per heavy atom. The molecular formula is C7H9N3. The molecule has 1 rings (SSSR count). The van der Waals surface area contributed by atoms with Gasteiger partial charge in [0.2, 0.25) is 0 Å². The smallest absolute Gasteiger partial charge is 0.0789 e. The molecule has 0 radical (unpaired) electrons. The lowest BCUT2D eigenvalue weighted by Gasteiger charge is -1.83. The summed E-state index contributed by atoms with van der Waals surface area (Å²) in [7, 11) is 0. The second-order valence-electron chi connectivity index (χ2n) is 1.93. The number of aryl methyl sites for hydroxylation is 1. The van der Waals surface area contributed by atoms with Crippen molar-refractivity contribution < 1.29 is 0 Å². The highest BCUT2D eigenvalue weighted by Crippen LogP contribution is 1.97. The highest BCUT2D eigenvalue weighted by atomic mass is 15.1. The molecule has 3 nitrogen and oxygen atoms in total. The number of aliphatic imine (C=N–C) groups is 1. The number of aromatic amines is 1. The first-order valence-electron chi connectivity index (χ1n) is 2.98. The van der Waals surface area contributed by atoms with Crippen molar-refractivity contribution in [3.8, 4) is 0 Å². The Kier molecular flexibility index (Phi) is 1.99. The van der Waals surface area contributed by atoms with E-state index in [2.05, 4.69) is 21.8 Å². The topological polar surface area (TPSA) is 41.0 Å². The van der Waals surface area contributed by atoms with E-state index in [-0.39, 0.29) is 0 Å². The summed E-state index contributed by atoms with van der Waals surface area (Å²) in [5.41, 5.74) is 2.02. The average molecular weight is 135 g/mol. The summed E-state index contributed by atoms with van der Waals surface area (Å²) in [6, 6.07) is 0. The molecule has 0 saturated carbocycles.